The number of hydrogen-bond acceptors (Lipinski definition) is 6. The predicted molar refractivity (Wildman–Crippen MR) is 119 cm³/mol. The number of likely N-dealkylation sites (N-methyl/N-ethyl adjacent to an activating group) is 1. The molecular formula is C22H27N3O3S. The van der Waals surface area contributed by atoms with Crippen molar-refractivity contribution in [1.29, 1.82) is 0 Å². The molecular weight excluding hydrogens is 386 g/mol. The van der Waals surface area contributed by atoms with Crippen molar-refractivity contribution in [1.82, 2.24) is 9.88 Å². The molecule has 0 unspecified atom stereocenters. The molecule has 0 saturated carbocycles. The quantitative estimate of drug-likeness (QED) is 0.583. The van der Waals surface area contributed by atoms with E-state index in [2.05, 4.69) is 4.90 Å². The highest BCUT2D eigenvalue weighted by Crippen LogP contribution is 2.37. The molecule has 0 bridgehead atoms. The van der Waals surface area contributed by atoms with Crippen molar-refractivity contribution in [2.24, 2.45) is 0 Å². The first-order valence-electron chi connectivity index (χ1n) is 9.40. The lowest BCUT2D eigenvalue weighted by Gasteiger charge is -2.22. The number of nitrogens with zero attached hydrogens (tertiary/aromatic N) is 3. The van der Waals surface area contributed by atoms with E-state index in [0.29, 0.717) is 28.7 Å². The van der Waals surface area contributed by atoms with E-state index in [1.165, 1.54) is 11.3 Å². The number of rotatable bonds is 7. The number of anilines is 1. The Labute approximate surface area is 175 Å². The zero-order valence-corrected chi connectivity index (χ0v) is 18.6. The maximum Gasteiger partial charge on any atom is 0.260 e. The monoisotopic (exact) mass is 413 g/mol. The summed E-state index contributed by atoms with van der Waals surface area (Å²) in [6, 6.07) is 9.65. The van der Waals surface area contributed by atoms with Gasteiger partial charge in [0.25, 0.3) is 5.91 Å². The van der Waals surface area contributed by atoms with Gasteiger partial charge in [0.1, 0.15) is 0 Å². The van der Waals surface area contributed by atoms with Crippen molar-refractivity contribution in [3.8, 4) is 11.5 Å². The van der Waals surface area contributed by atoms with Gasteiger partial charge >= 0.3 is 0 Å². The summed E-state index contributed by atoms with van der Waals surface area (Å²) >= 11 is 1.48. The second-order valence-electron chi connectivity index (χ2n) is 7.25. The third-order valence-corrected chi connectivity index (χ3v) is 5.78. The molecule has 1 heterocycles. The summed E-state index contributed by atoms with van der Waals surface area (Å²) in [7, 11) is 7.20. The number of thiazole rings is 1. The summed E-state index contributed by atoms with van der Waals surface area (Å²) in [5.41, 5.74) is 3.59. The first kappa shape index (κ1) is 21.1. The van der Waals surface area contributed by atoms with Crippen molar-refractivity contribution >= 4 is 32.6 Å². The first-order chi connectivity index (χ1) is 13.8. The molecule has 0 aliphatic rings. The highest BCUT2D eigenvalue weighted by molar-refractivity contribution is 7.22. The molecule has 0 aliphatic heterocycles. The summed E-state index contributed by atoms with van der Waals surface area (Å²) in [5.74, 6) is 1.23. The van der Waals surface area contributed by atoms with Gasteiger partial charge in [0.15, 0.2) is 16.6 Å². The molecule has 0 radical (unpaired) electrons. The van der Waals surface area contributed by atoms with Crippen LogP contribution in [0.15, 0.2) is 30.3 Å². The van der Waals surface area contributed by atoms with E-state index < -0.39 is 0 Å². The van der Waals surface area contributed by atoms with Crippen LogP contribution < -0.4 is 14.4 Å². The molecule has 6 nitrogen and oxygen atoms in total. The van der Waals surface area contributed by atoms with Gasteiger partial charge in [-0.15, -0.1) is 0 Å². The zero-order chi connectivity index (χ0) is 21.1. The fraction of sp³-hybridized carbons (Fsp3) is 0.364. The Morgan fingerprint density at radius 2 is 1.72 bits per heavy atom. The van der Waals surface area contributed by atoms with Crippen molar-refractivity contribution in [3.05, 3.63) is 47.0 Å². The van der Waals surface area contributed by atoms with Gasteiger partial charge in [-0.2, -0.15) is 0 Å². The van der Waals surface area contributed by atoms with E-state index >= 15 is 0 Å². The number of fused-ring (bicyclic) bond motifs is 1. The molecule has 0 spiro atoms. The highest BCUT2D eigenvalue weighted by Gasteiger charge is 2.23. The molecule has 154 valence electrons. The molecule has 0 atom stereocenters. The molecule has 0 saturated heterocycles. The molecule has 7 heteroatoms. The van der Waals surface area contributed by atoms with Gasteiger partial charge in [0, 0.05) is 30.8 Å². The number of amides is 1. The largest absolute Gasteiger partial charge is 0.493 e. The summed E-state index contributed by atoms with van der Waals surface area (Å²) in [6.45, 7) is 5.28. The fourth-order valence-corrected chi connectivity index (χ4v) is 4.14. The average molecular weight is 414 g/mol. The van der Waals surface area contributed by atoms with E-state index in [0.717, 1.165) is 27.9 Å². The minimum Gasteiger partial charge on any atom is -0.493 e. The molecule has 1 amide bonds. The molecule has 29 heavy (non-hydrogen) atoms. The summed E-state index contributed by atoms with van der Waals surface area (Å²) in [5, 5.41) is 0.669. The molecule has 0 aliphatic carbocycles. The Balaban J connectivity index is 2.05. The SMILES string of the molecule is COc1cc2nc(N(CCN(C)C)C(=O)c3ccc(C)cc3C)sc2cc1OC. The first-order valence-corrected chi connectivity index (χ1v) is 10.2. The molecule has 3 aromatic rings. The third-order valence-electron chi connectivity index (χ3n) is 4.74. The van der Waals surface area contributed by atoms with Crippen LogP contribution in [0.5, 0.6) is 11.5 Å². The van der Waals surface area contributed by atoms with Crippen molar-refractivity contribution < 1.29 is 14.3 Å². The average Bonchev–Trinajstić information content (AvgIpc) is 3.08. The highest BCUT2D eigenvalue weighted by atomic mass is 32.1. The number of aromatic nitrogens is 1. The standard InChI is InChI=1S/C22H27N3O3S/c1-14-7-8-16(15(2)11-14)21(26)25(10-9-24(3)4)22-23-17-12-18(27-5)19(28-6)13-20(17)29-22/h7-8,11-13H,9-10H2,1-6H3. The van der Waals surface area contributed by atoms with E-state index in [1.54, 1.807) is 19.1 Å². The normalized spacial score (nSPS) is 11.1. The van der Waals surface area contributed by atoms with Crippen LogP contribution in [-0.4, -0.2) is 57.2 Å². The number of carbonyl (C=O) groups excluding carboxylic acids is 1. The fourth-order valence-electron chi connectivity index (χ4n) is 3.14. The van der Waals surface area contributed by atoms with Crippen LogP contribution in [-0.2, 0) is 0 Å². The van der Waals surface area contributed by atoms with E-state index in [9.17, 15) is 4.79 Å². The van der Waals surface area contributed by atoms with Gasteiger partial charge in [-0.25, -0.2) is 4.98 Å². The smallest absolute Gasteiger partial charge is 0.260 e. The van der Waals surface area contributed by atoms with Crippen molar-refractivity contribution in [2.45, 2.75) is 13.8 Å². The molecule has 2 aromatic carbocycles. The van der Waals surface area contributed by atoms with Crippen LogP contribution in [0.4, 0.5) is 5.13 Å². The summed E-state index contributed by atoms with van der Waals surface area (Å²) < 4.78 is 11.7. The maximum atomic E-state index is 13.4. The molecule has 0 fully saturated rings. The van der Waals surface area contributed by atoms with Gasteiger partial charge < -0.3 is 14.4 Å². The summed E-state index contributed by atoms with van der Waals surface area (Å²) in [4.78, 5) is 22.0. The number of carbonyl (C=O) groups is 1. The third kappa shape index (κ3) is 4.52. The topological polar surface area (TPSA) is 54.9 Å². The Hall–Kier alpha value is -2.64. The maximum absolute atomic E-state index is 13.4. The predicted octanol–water partition coefficient (Wildman–Crippen LogP) is 4.14. The van der Waals surface area contributed by atoms with Crippen LogP contribution in [0.1, 0.15) is 21.5 Å². The van der Waals surface area contributed by atoms with Gasteiger partial charge in [-0.3, -0.25) is 9.69 Å². The van der Waals surface area contributed by atoms with Crippen molar-refractivity contribution in [2.75, 3.05) is 46.3 Å². The minimum atomic E-state index is -0.0395. The second-order valence-corrected chi connectivity index (χ2v) is 8.26. The lowest BCUT2D eigenvalue weighted by atomic mass is 10.0. The Morgan fingerprint density at radius 1 is 1.03 bits per heavy atom. The van der Waals surface area contributed by atoms with Crippen LogP contribution in [0.25, 0.3) is 10.2 Å². The number of hydrogen-bond donors (Lipinski definition) is 0. The number of aryl methyl sites for hydroxylation is 2. The minimum absolute atomic E-state index is 0.0395. The van der Waals surface area contributed by atoms with E-state index in [1.807, 2.05) is 58.3 Å². The van der Waals surface area contributed by atoms with Crippen molar-refractivity contribution in [3.63, 3.8) is 0 Å². The van der Waals surface area contributed by atoms with Crippen LogP contribution in [0.3, 0.4) is 0 Å². The molecule has 3 rings (SSSR count). The van der Waals surface area contributed by atoms with E-state index in [4.69, 9.17) is 14.5 Å². The van der Waals surface area contributed by atoms with E-state index in [-0.39, 0.29) is 5.91 Å². The molecule has 0 N–H and O–H groups in total. The Bertz CT molecular complexity index is 989. The zero-order valence-electron chi connectivity index (χ0n) is 17.8. The Morgan fingerprint density at radius 3 is 2.34 bits per heavy atom. The second kappa shape index (κ2) is 8.80. The summed E-state index contributed by atoms with van der Waals surface area (Å²) in [6.07, 6.45) is 0. The van der Waals surface area contributed by atoms with Gasteiger partial charge in [0.05, 0.1) is 24.4 Å². The van der Waals surface area contributed by atoms with Gasteiger partial charge in [-0.05, 0) is 39.6 Å². The number of methoxy groups -OCH3 is 2. The van der Waals surface area contributed by atoms with Crippen LogP contribution in [0, 0.1) is 13.8 Å². The van der Waals surface area contributed by atoms with Gasteiger partial charge in [-0.1, -0.05) is 29.0 Å². The number of benzene rings is 2. The lowest BCUT2D eigenvalue weighted by Crippen LogP contribution is -2.37. The molecule has 1 aromatic heterocycles. The van der Waals surface area contributed by atoms with Crippen LogP contribution >= 0.6 is 11.3 Å². The number of ether oxygens (including phenoxy) is 2. The van der Waals surface area contributed by atoms with Gasteiger partial charge in [0.2, 0.25) is 0 Å². The lowest BCUT2D eigenvalue weighted by molar-refractivity contribution is 0.0984. The Kier molecular flexibility index (Phi) is 6.39. The van der Waals surface area contributed by atoms with Crippen LogP contribution in [0.2, 0.25) is 0 Å².